The van der Waals surface area contributed by atoms with Crippen molar-refractivity contribution in [3.05, 3.63) is 52.6 Å². The first kappa shape index (κ1) is 15.1. The van der Waals surface area contributed by atoms with Crippen molar-refractivity contribution in [3.8, 4) is 0 Å². The molecule has 2 atom stereocenters. The highest BCUT2D eigenvalue weighted by Gasteiger charge is 2.31. The Morgan fingerprint density at radius 1 is 1.33 bits per heavy atom. The van der Waals surface area contributed by atoms with Gasteiger partial charge in [0, 0.05) is 17.6 Å². The highest BCUT2D eigenvalue weighted by atomic mass is 32.1. The van der Waals surface area contributed by atoms with Crippen molar-refractivity contribution < 1.29 is 4.79 Å². The van der Waals surface area contributed by atoms with Crippen molar-refractivity contribution in [1.29, 1.82) is 0 Å². The summed E-state index contributed by atoms with van der Waals surface area (Å²) in [5, 5.41) is 13.5. The molecule has 1 saturated heterocycles. The van der Waals surface area contributed by atoms with E-state index in [2.05, 4.69) is 27.0 Å². The molecule has 0 radical (unpaired) electrons. The summed E-state index contributed by atoms with van der Waals surface area (Å²) in [4.78, 5) is 15.9. The summed E-state index contributed by atoms with van der Waals surface area (Å²) in [5.41, 5.74) is 0.784. The van der Waals surface area contributed by atoms with Crippen molar-refractivity contribution in [2.24, 2.45) is 0 Å². The summed E-state index contributed by atoms with van der Waals surface area (Å²) in [5.74, 6) is 0.742. The Morgan fingerprint density at radius 2 is 2.25 bits per heavy atom. The van der Waals surface area contributed by atoms with E-state index in [1.807, 2.05) is 46.7 Å². The second-order valence-corrected chi connectivity index (χ2v) is 7.00. The van der Waals surface area contributed by atoms with Gasteiger partial charge in [-0.05, 0) is 43.3 Å². The molecule has 4 heterocycles. The van der Waals surface area contributed by atoms with Gasteiger partial charge in [0.25, 0.3) is 0 Å². The monoisotopic (exact) mass is 341 g/mol. The maximum Gasteiger partial charge on any atom is 0.318 e. The summed E-state index contributed by atoms with van der Waals surface area (Å²) in [6, 6.07) is 9.85. The van der Waals surface area contributed by atoms with Gasteiger partial charge in [-0.2, -0.15) is 0 Å². The number of hydrogen-bond acceptors (Lipinski definition) is 4. The molecule has 0 spiro atoms. The van der Waals surface area contributed by atoms with Gasteiger partial charge in [0.2, 0.25) is 0 Å². The van der Waals surface area contributed by atoms with Crippen molar-refractivity contribution >= 4 is 23.0 Å². The SMILES string of the molecule is C[C@H](NC(=O)N1CCC[C@H]1c1cccs1)c1nnc2ccccn12. The molecular weight excluding hydrogens is 322 g/mol. The molecule has 0 unspecified atom stereocenters. The second-order valence-electron chi connectivity index (χ2n) is 6.03. The molecule has 3 aromatic heterocycles. The van der Waals surface area contributed by atoms with E-state index in [0.717, 1.165) is 30.9 Å². The van der Waals surface area contributed by atoms with Crippen LogP contribution >= 0.6 is 11.3 Å². The maximum atomic E-state index is 12.8. The van der Waals surface area contributed by atoms with Crippen LogP contribution in [0.1, 0.15) is 42.6 Å². The van der Waals surface area contributed by atoms with Gasteiger partial charge in [-0.15, -0.1) is 21.5 Å². The van der Waals surface area contributed by atoms with Gasteiger partial charge in [-0.25, -0.2) is 4.79 Å². The van der Waals surface area contributed by atoms with Crippen LogP contribution in [0.3, 0.4) is 0 Å². The number of pyridine rings is 1. The molecule has 124 valence electrons. The summed E-state index contributed by atoms with van der Waals surface area (Å²) in [6.45, 7) is 2.74. The largest absolute Gasteiger partial charge is 0.328 e. The lowest BCUT2D eigenvalue weighted by molar-refractivity contribution is 0.190. The lowest BCUT2D eigenvalue weighted by Gasteiger charge is -2.25. The molecule has 0 saturated carbocycles. The molecule has 24 heavy (non-hydrogen) atoms. The molecule has 0 aromatic carbocycles. The molecule has 1 aliphatic heterocycles. The Bertz CT molecular complexity index is 844. The van der Waals surface area contributed by atoms with Gasteiger partial charge in [0.1, 0.15) is 0 Å². The highest BCUT2D eigenvalue weighted by molar-refractivity contribution is 7.10. The number of amides is 2. The number of likely N-dealkylation sites (tertiary alicyclic amines) is 1. The van der Waals surface area contributed by atoms with Crippen molar-refractivity contribution in [2.75, 3.05) is 6.54 Å². The first-order valence-electron chi connectivity index (χ1n) is 8.14. The van der Waals surface area contributed by atoms with E-state index in [-0.39, 0.29) is 18.1 Å². The lowest BCUT2D eigenvalue weighted by Crippen LogP contribution is -2.40. The molecule has 4 rings (SSSR count). The van der Waals surface area contributed by atoms with Gasteiger partial charge in [0.05, 0.1) is 12.1 Å². The summed E-state index contributed by atoms with van der Waals surface area (Å²) < 4.78 is 1.91. The zero-order valence-corrected chi connectivity index (χ0v) is 14.2. The number of rotatable bonds is 3. The molecule has 2 amide bonds. The molecule has 0 aliphatic carbocycles. The van der Waals surface area contributed by atoms with E-state index in [9.17, 15) is 4.79 Å². The zero-order chi connectivity index (χ0) is 16.5. The van der Waals surface area contributed by atoms with E-state index >= 15 is 0 Å². The Hall–Kier alpha value is -2.41. The normalized spacial score (nSPS) is 18.9. The summed E-state index contributed by atoms with van der Waals surface area (Å²) in [7, 11) is 0. The highest BCUT2D eigenvalue weighted by Crippen LogP contribution is 2.34. The first-order chi connectivity index (χ1) is 11.7. The third-order valence-corrected chi connectivity index (χ3v) is 5.43. The minimum absolute atomic E-state index is 0.0360. The Morgan fingerprint density at radius 3 is 3.08 bits per heavy atom. The number of carbonyl (C=O) groups excluding carboxylic acids is 1. The van der Waals surface area contributed by atoms with E-state index in [1.54, 1.807) is 11.3 Å². The van der Waals surface area contributed by atoms with Crippen LogP contribution in [0.15, 0.2) is 41.9 Å². The van der Waals surface area contributed by atoms with Crippen LogP contribution < -0.4 is 5.32 Å². The van der Waals surface area contributed by atoms with E-state index in [0.29, 0.717) is 0 Å². The van der Waals surface area contributed by atoms with Crippen LogP contribution in [0.2, 0.25) is 0 Å². The molecule has 6 nitrogen and oxygen atoms in total. The lowest BCUT2D eigenvalue weighted by atomic mass is 10.2. The average molecular weight is 341 g/mol. The number of fused-ring (bicyclic) bond motifs is 1. The second kappa shape index (κ2) is 6.24. The van der Waals surface area contributed by atoms with Crippen molar-refractivity contribution in [2.45, 2.75) is 31.8 Å². The number of thiophene rings is 1. The van der Waals surface area contributed by atoms with E-state index in [4.69, 9.17) is 0 Å². The van der Waals surface area contributed by atoms with Gasteiger partial charge in [0.15, 0.2) is 11.5 Å². The van der Waals surface area contributed by atoms with Crippen molar-refractivity contribution in [3.63, 3.8) is 0 Å². The fraction of sp³-hybridized carbons (Fsp3) is 0.353. The third-order valence-electron chi connectivity index (χ3n) is 4.45. The van der Waals surface area contributed by atoms with E-state index in [1.165, 1.54) is 4.88 Å². The van der Waals surface area contributed by atoms with Crippen LogP contribution in [0.4, 0.5) is 4.79 Å². The quantitative estimate of drug-likeness (QED) is 0.794. The Kier molecular flexibility index (Phi) is 3.93. The first-order valence-corrected chi connectivity index (χ1v) is 9.02. The molecule has 1 fully saturated rings. The van der Waals surface area contributed by atoms with E-state index < -0.39 is 0 Å². The molecule has 1 aliphatic rings. The molecule has 3 aromatic rings. The topological polar surface area (TPSA) is 62.5 Å². The predicted octanol–water partition coefficient (Wildman–Crippen LogP) is 3.40. The Balaban J connectivity index is 1.51. The smallest absolute Gasteiger partial charge is 0.318 e. The number of hydrogen-bond donors (Lipinski definition) is 1. The summed E-state index contributed by atoms with van der Waals surface area (Å²) >= 11 is 1.71. The standard InChI is InChI=1S/C17H19N5OS/c1-12(16-20-19-15-8-2-3-9-22(15)16)18-17(23)21-10-4-6-13(21)14-7-5-11-24-14/h2-3,5,7-9,11-13H,4,6,10H2,1H3,(H,18,23)/t12-,13-/m0/s1. The minimum Gasteiger partial charge on any atom is -0.328 e. The zero-order valence-electron chi connectivity index (χ0n) is 13.4. The number of urea groups is 1. The van der Waals surface area contributed by atoms with Crippen LogP contribution in [-0.2, 0) is 0 Å². The van der Waals surface area contributed by atoms with Crippen LogP contribution in [0.5, 0.6) is 0 Å². The van der Waals surface area contributed by atoms with Gasteiger partial charge in [-0.1, -0.05) is 12.1 Å². The molecule has 0 bridgehead atoms. The third kappa shape index (κ3) is 2.65. The Labute approximate surface area is 144 Å². The number of aromatic nitrogens is 3. The number of nitrogens with one attached hydrogen (secondary N) is 1. The number of nitrogens with zero attached hydrogens (tertiary/aromatic N) is 4. The summed E-state index contributed by atoms with van der Waals surface area (Å²) in [6.07, 6.45) is 3.98. The van der Waals surface area contributed by atoms with Crippen LogP contribution in [0.25, 0.3) is 5.65 Å². The fourth-order valence-corrected chi connectivity index (χ4v) is 4.15. The maximum absolute atomic E-state index is 12.8. The molecular formula is C17H19N5OS. The number of carbonyl (C=O) groups is 1. The van der Waals surface area contributed by atoms with Gasteiger partial charge < -0.3 is 10.2 Å². The molecule has 1 N–H and O–H groups in total. The van der Waals surface area contributed by atoms with Crippen molar-refractivity contribution in [1.82, 2.24) is 24.8 Å². The van der Waals surface area contributed by atoms with Gasteiger partial charge >= 0.3 is 6.03 Å². The van der Waals surface area contributed by atoms with Crippen LogP contribution in [0, 0.1) is 0 Å². The van der Waals surface area contributed by atoms with Gasteiger partial charge in [-0.3, -0.25) is 4.40 Å². The van der Waals surface area contributed by atoms with Crippen LogP contribution in [-0.4, -0.2) is 32.1 Å². The fourth-order valence-electron chi connectivity index (χ4n) is 3.27. The predicted molar refractivity (Wildman–Crippen MR) is 92.9 cm³/mol. The average Bonchev–Trinajstić information content (AvgIpc) is 3.33. The molecule has 7 heteroatoms. The minimum atomic E-state index is -0.209.